The van der Waals surface area contributed by atoms with Gasteiger partial charge in [0.2, 0.25) is 0 Å². The van der Waals surface area contributed by atoms with E-state index in [1.165, 1.54) is 34.0 Å². The van der Waals surface area contributed by atoms with Gasteiger partial charge in [0.1, 0.15) is 6.61 Å². The fraction of sp³-hybridized carbons (Fsp3) is 0.0952. The number of ether oxygens (including phenoxy) is 1. The Bertz CT molecular complexity index is 850. The van der Waals surface area contributed by atoms with Crippen molar-refractivity contribution in [3.05, 3.63) is 78.4 Å². The zero-order chi connectivity index (χ0) is 16.1. The van der Waals surface area contributed by atoms with Crippen LogP contribution in [-0.4, -0.2) is 12.6 Å². The molecule has 0 aliphatic rings. The third-order valence-corrected chi connectivity index (χ3v) is 3.71. The molecule has 0 N–H and O–H groups in total. The van der Waals surface area contributed by atoms with E-state index in [-0.39, 0.29) is 5.97 Å². The topological polar surface area (TPSA) is 26.3 Å². The summed E-state index contributed by atoms with van der Waals surface area (Å²) in [4.78, 5) is 10.7. The van der Waals surface area contributed by atoms with Gasteiger partial charge in [-0.2, -0.15) is 0 Å². The van der Waals surface area contributed by atoms with Crippen molar-refractivity contribution in [2.45, 2.75) is 6.92 Å². The molecule has 0 aromatic heterocycles. The van der Waals surface area contributed by atoms with Gasteiger partial charge in [-0.05, 0) is 39.3 Å². The Morgan fingerprint density at radius 1 is 0.957 bits per heavy atom. The van der Waals surface area contributed by atoms with Crippen molar-refractivity contribution in [1.29, 1.82) is 0 Å². The normalized spacial score (nSPS) is 11.7. The van der Waals surface area contributed by atoms with Crippen molar-refractivity contribution in [2.75, 3.05) is 6.61 Å². The van der Waals surface area contributed by atoms with Crippen LogP contribution >= 0.6 is 0 Å². The summed E-state index contributed by atoms with van der Waals surface area (Å²) in [5, 5.41) is 4.93. The highest BCUT2D eigenvalue weighted by atomic mass is 16.5. The second-order valence-electron chi connectivity index (χ2n) is 5.32. The summed E-state index contributed by atoms with van der Waals surface area (Å²) >= 11 is 0. The predicted octanol–water partition coefficient (Wildman–Crippen LogP) is 5.13. The number of carbonyl (C=O) groups is 1. The first-order chi connectivity index (χ1) is 11.3. The third-order valence-electron chi connectivity index (χ3n) is 3.71. The van der Waals surface area contributed by atoms with E-state index >= 15 is 0 Å². The molecular weight excluding hydrogens is 284 g/mol. The third kappa shape index (κ3) is 3.49. The molecule has 23 heavy (non-hydrogen) atoms. The average molecular weight is 302 g/mol. The van der Waals surface area contributed by atoms with Gasteiger partial charge in [-0.15, -0.1) is 0 Å². The van der Waals surface area contributed by atoms with E-state index < -0.39 is 0 Å². The molecular formula is C21H18O2. The Morgan fingerprint density at radius 2 is 1.57 bits per heavy atom. The Labute approximate surface area is 135 Å². The van der Waals surface area contributed by atoms with Gasteiger partial charge in [0.15, 0.2) is 0 Å². The number of carbonyl (C=O) groups excluding carboxylic acids is 1. The van der Waals surface area contributed by atoms with E-state index in [0.29, 0.717) is 6.61 Å². The van der Waals surface area contributed by atoms with Gasteiger partial charge in [0, 0.05) is 6.92 Å². The van der Waals surface area contributed by atoms with Gasteiger partial charge in [-0.25, -0.2) is 0 Å². The lowest BCUT2D eigenvalue weighted by Crippen LogP contribution is -1.96. The molecule has 0 unspecified atom stereocenters. The average Bonchev–Trinajstić information content (AvgIpc) is 2.56. The van der Waals surface area contributed by atoms with Crippen LogP contribution in [0.3, 0.4) is 0 Å². The smallest absolute Gasteiger partial charge is 0.302 e. The molecule has 0 aliphatic carbocycles. The van der Waals surface area contributed by atoms with Crippen molar-refractivity contribution in [3.8, 4) is 0 Å². The lowest BCUT2D eigenvalue weighted by Gasteiger charge is -2.08. The molecule has 0 amide bonds. The number of fused-ring (bicyclic) bond motifs is 2. The zero-order valence-corrected chi connectivity index (χ0v) is 13.0. The Morgan fingerprint density at radius 3 is 2.17 bits per heavy atom. The summed E-state index contributed by atoms with van der Waals surface area (Å²) in [6.45, 7) is 1.71. The van der Waals surface area contributed by atoms with Crippen molar-refractivity contribution < 1.29 is 9.53 Å². The van der Waals surface area contributed by atoms with Crippen LogP contribution in [0, 0.1) is 0 Å². The molecule has 3 rings (SSSR count). The maximum Gasteiger partial charge on any atom is 0.302 e. The molecule has 0 fully saturated rings. The summed E-state index contributed by atoms with van der Waals surface area (Å²) in [5.74, 6) is -0.265. The van der Waals surface area contributed by atoms with Crippen LogP contribution in [0.1, 0.15) is 12.5 Å². The fourth-order valence-electron chi connectivity index (χ4n) is 2.68. The van der Waals surface area contributed by atoms with E-state index in [4.69, 9.17) is 4.74 Å². The number of rotatable bonds is 4. The molecule has 0 saturated carbocycles. The first-order valence-corrected chi connectivity index (χ1v) is 7.63. The highest BCUT2D eigenvalue weighted by Gasteiger charge is 2.03. The van der Waals surface area contributed by atoms with Gasteiger partial charge in [0.05, 0.1) is 0 Å². The van der Waals surface area contributed by atoms with Crippen LogP contribution in [0.25, 0.3) is 27.6 Å². The maximum atomic E-state index is 10.7. The molecule has 0 atom stereocenters. The van der Waals surface area contributed by atoms with E-state index in [1.54, 1.807) is 0 Å². The van der Waals surface area contributed by atoms with E-state index in [0.717, 1.165) is 0 Å². The fourth-order valence-corrected chi connectivity index (χ4v) is 2.68. The molecule has 0 radical (unpaired) electrons. The largest absolute Gasteiger partial charge is 0.462 e. The standard InChI is InChI=1S/C21H18O2/c1-16(22)23-14-8-2-3-13-21-19-11-6-4-9-17(19)15-18-10-5-7-12-20(18)21/h2-13,15H,14H2,1H3/b8-2+,13-3+. The first-order valence-electron chi connectivity index (χ1n) is 7.63. The van der Waals surface area contributed by atoms with Crippen molar-refractivity contribution >= 4 is 33.6 Å². The van der Waals surface area contributed by atoms with Gasteiger partial charge in [0.25, 0.3) is 0 Å². The monoisotopic (exact) mass is 302 g/mol. The minimum atomic E-state index is -0.265. The van der Waals surface area contributed by atoms with Crippen molar-refractivity contribution in [2.24, 2.45) is 0 Å². The van der Waals surface area contributed by atoms with Crippen molar-refractivity contribution in [1.82, 2.24) is 0 Å². The van der Waals surface area contributed by atoms with Crippen molar-refractivity contribution in [3.63, 3.8) is 0 Å². The number of esters is 1. The van der Waals surface area contributed by atoms with Crippen LogP contribution in [0.4, 0.5) is 0 Å². The van der Waals surface area contributed by atoms with Gasteiger partial charge in [-0.1, -0.05) is 66.8 Å². The quantitative estimate of drug-likeness (QED) is 0.379. The Hall–Kier alpha value is -2.87. The first kappa shape index (κ1) is 15.0. The van der Waals surface area contributed by atoms with Crippen LogP contribution in [-0.2, 0) is 9.53 Å². The number of hydrogen-bond donors (Lipinski definition) is 0. The maximum absolute atomic E-state index is 10.7. The molecule has 3 aromatic rings. The molecule has 0 spiro atoms. The van der Waals surface area contributed by atoms with Gasteiger partial charge in [-0.3, -0.25) is 4.79 Å². The highest BCUT2D eigenvalue weighted by molar-refractivity contribution is 6.06. The molecule has 0 heterocycles. The molecule has 0 bridgehead atoms. The summed E-state index contributed by atoms with van der Waals surface area (Å²) < 4.78 is 4.87. The number of benzene rings is 3. The van der Waals surface area contributed by atoms with Crippen LogP contribution < -0.4 is 0 Å². The lowest BCUT2D eigenvalue weighted by atomic mass is 9.96. The minimum Gasteiger partial charge on any atom is -0.462 e. The van der Waals surface area contributed by atoms with Crippen LogP contribution in [0.5, 0.6) is 0 Å². The van der Waals surface area contributed by atoms with E-state index in [2.05, 4.69) is 60.7 Å². The molecule has 0 saturated heterocycles. The summed E-state index contributed by atoms with van der Waals surface area (Å²) in [6, 6.07) is 19.0. The minimum absolute atomic E-state index is 0.265. The second kappa shape index (κ2) is 6.93. The zero-order valence-electron chi connectivity index (χ0n) is 13.0. The summed E-state index contributed by atoms with van der Waals surface area (Å²) in [7, 11) is 0. The second-order valence-corrected chi connectivity index (χ2v) is 5.32. The van der Waals surface area contributed by atoms with Gasteiger partial charge < -0.3 is 4.74 Å². The number of hydrogen-bond acceptors (Lipinski definition) is 2. The molecule has 3 aromatic carbocycles. The molecule has 2 heteroatoms. The Balaban J connectivity index is 1.98. The van der Waals surface area contributed by atoms with E-state index in [9.17, 15) is 4.79 Å². The predicted molar refractivity (Wildman–Crippen MR) is 96.3 cm³/mol. The number of allylic oxidation sites excluding steroid dienone is 2. The summed E-state index contributed by atoms with van der Waals surface area (Å²) in [5.41, 5.74) is 1.20. The lowest BCUT2D eigenvalue weighted by molar-refractivity contribution is -0.139. The van der Waals surface area contributed by atoms with Gasteiger partial charge >= 0.3 is 5.97 Å². The van der Waals surface area contributed by atoms with Crippen LogP contribution in [0.15, 0.2) is 72.8 Å². The molecule has 0 aliphatic heterocycles. The highest BCUT2D eigenvalue weighted by Crippen LogP contribution is 2.29. The molecule has 114 valence electrons. The Kier molecular flexibility index (Phi) is 4.53. The van der Waals surface area contributed by atoms with Crippen LogP contribution in [0.2, 0.25) is 0 Å². The molecule has 2 nitrogen and oxygen atoms in total. The summed E-state index contributed by atoms with van der Waals surface area (Å²) in [6.07, 6.45) is 7.82. The SMILES string of the molecule is CC(=O)OC/C=C/C=C/c1c2ccccc2cc2ccccc12. The van der Waals surface area contributed by atoms with E-state index in [1.807, 2.05) is 18.2 Å².